The number of fused-ring (bicyclic) bond motifs is 4. The third-order valence-electron chi connectivity index (χ3n) is 6.78. The number of carbonyl (C=O) groups is 4. The van der Waals surface area contributed by atoms with Crippen molar-refractivity contribution >= 4 is 51.9 Å². The molecule has 3 aromatic carbocycles. The van der Waals surface area contributed by atoms with E-state index < -0.39 is 11.2 Å². The number of carbonyl (C=O) groups excluding carboxylic acids is 4. The van der Waals surface area contributed by atoms with E-state index in [0.717, 1.165) is 40.2 Å². The highest BCUT2D eigenvalue weighted by molar-refractivity contribution is 8.01. The Morgan fingerprint density at radius 2 is 1.81 bits per heavy atom. The zero-order valence-electron chi connectivity index (χ0n) is 19.7. The molecule has 2 aliphatic rings. The number of imide groups is 1. The van der Waals surface area contributed by atoms with Crippen molar-refractivity contribution in [1.82, 2.24) is 4.98 Å². The van der Waals surface area contributed by atoms with Gasteiger partial charge in [-0.15, -0.1) is 11.8 Å². The van der Waals surface area contributed by atoms with Crippen LogP contribution in [0.1, 0.15) is 27.9 Å². The molecule has 8 heteroatoms. The Morgan fingerprint density at radius 1 is 0.973 bits per heavy atom. The van der Waals surface area contributed by atoms with E-state index in [1.807, 2.05) is 36.4 Å². The number of hydrogen-bond donors (Lipinski definition) is 1. The minimum Gasteiger partial charge on any atom is -0.457 e. The Labute approximate surface area is 216 Å². The van der Waals surface area contributed by atoms with Crippen LogP contribution in [0.2, 0.25) is 0 Å². The van der Waals surface area contributed by atoms with Crippen LogP contribution in [0, 0.1) is 0 Å². The number of hydrogen-bond acceptors (Lipinski definition) is 6. The van der Waals surface area contributed by atoms with Crippen LogP contribution >= 0.6 is 11.8 Å². The van der Waals surface area contributed by atoms with Gasteiger partial charge < -0.3 is 9.72 Å². The number of aromatic amines is 1. The van der Waals surface area contributed by atoms with Gasteiger partial charge in [0.2, 0.25) is 11.8 Å². The highest BCUT2D eigenvalue weighted by atomic mass is 32.2. The number of Topliss-reactive ketones (excluding diaryl/α,β-unsaturated/α-hetero) is 1. The molecule has 1 saturated heterocycles. The summed E-state index contributed by atoms with van der Waals surface area (Å²) >= 11 is 1.06. The molecule has 184 valence electrons. The summed E-state index contributed by atoms with van der Waals surface area (Å²) in [6, 6.07) is 21.0. The number of nitrogens with zero attached hydrogens (tertiary/aromatic N) is 1. The summed E-state index contributed by atoms with van der Waals surface area (Å²) in [5.41, 5.74) is 6.45. The molecule has 2 heterocycles. The number of aromatic nitrogens is 1. The number of ketones is 1. The van der Waals surface area contributed by atoms with E-state index in [2.05, 4.69) is 17.1 Å². The first kappa shape index (κ1) is 23.2. The number of ether oxygens (including phenoxy) is 1. The first-order chi connectivity index (χ1) is 18.0. The molecule has 0 radical (unpaired) electrons. The van der Waals surface area contributed by atoms with E-state index in [-0.39, 0.29) is 36.4 Å². The van der Waals surface area contributed by atoms with E-state index in [1.165, 1.54) is 16.0 Å². The maximum atomic E-state index is 12.9. The minimum atomic E-state index is -0.673. The van der Waals surface area contributed by atoms with Crippen LogP contribution in [0.5, 0.6) is 0 Å². The number of nitrogens with one attached hydrogen (secondary N) is 1. The summed E-state index contributed by atoms with van der Waals surface area (Å²) in [7, 11) is 0. The summed E-state index contributed by atoms with van der Waals surface area (Å²) in [6.07, 6.45) is 2.57. The van der Waals surface area contributed by atoms with Gasteiger partial charge in [0.15, 0.2) is 12.4 Å². The van der Waals surface area contributed by atoms with Gasteiger partial charge in [0.1, 0.15) is 0 Å². The monoisotopic (exact) mass is 510 g/mol. The van der Waals surface area contributed by atoms with E-state index >= 15 is 0 Å². The zero-order chi connectivity index (χ0) is 25.5. The van der Waals surface area contributed by atoms with Crippen LogP contribution in [-0.2, 0) is 25.5 Å². The quantitative estimate of drug-likeness (QED) is 0.196. The third kappa shape index (κ3) is 4.34. The lowest BCUT2D eigenvalue weighted by Crippen LogP contribution is -2.31. The predicted molar refractivity (Wildman–Crippen MR) is 142 cm³/mol. The number of benzene rings is 3. The average Bonchev–Trinajstić information content (AvgIpc) is 3.60. The molecule has 37 heavy (non-hydrogen) atoms. The maximum Gasteiger partial charge on any atom is 0.316 e. The lowest BCUT2D eigenvalue weighted by Gasteiger charge is -2.15. The molecule has 0 saturated carbocycles. The highest BCUT2D eigenvalue weighted by Crippen LogP contribution is 2.37. The highest BCUT2D eigenvalue weighted by Gasteiger charge is 2.40. The predicted octanol–water partition coefficient (Wildman–Crippen LogP) is 4.53. The Morgan fingerprint density at radius 3 is 2.70 bits per heavy atom. The van der Waals surface area contributed by atoms with Crippen molar-refractivity contribution in [3.05, 3.63) is 89.6 Å². The molecule has 0 bridgehead atoms. The maximum absolute atomic E-state index is 12.9. The van der Waals surface area contributed by atoms with Crippen molar-refractivity contribution in [3.63, 3.8) is 0 Å². The Kier molecular flexibility index (Phi) is 5.88. The topological polar surface area (TPSA) is 96.5 Å². The molecule has 1 unspecified atom stereocenters. The summed E-state index contributed by atoms with van der Waals surface area (Å²) in [5, 5.41) is 0.310. The van der Waals surface area contributed by atoms with E-state index in [9.17, 15) is 19.2 Å². The first-order valence-electron chi connectivity index (χ1n) is 11.9. The largest absolute Gasteiger partial charge is 0.457 e. The summed E-state index contributed by atoms with van der Waals surface area (Å²) < 4.78 is 5.19. The van der Waals surface area contributed by atoms with Gasteiger partial charge in [0.25, 0.3) is 0 Å². The molecule has 1 aliphatic carbocycles. The normalized spacial score (nSPS) is 16.2. The number of anilines is 1. The van der Waals surface area contributed by atoms with Crippen molar-refractivity contribution in [2.75, 3.05) is 17.3 Å². The smallest absolute Gasteiger partial charge is 0.316 e. The Balaban J connectivity index is 1.03. The van der Waals surface area contributed by atoms with Crippen LogP contribution in [0.15, 0.2) is 72.9 Å². The molecule has 2 amide bonds. The second kappa shape index (κ2) is 9.37. The fourth-order valence-corrected chi connectivity index (χ4v) is 5.87. The lowest BCUT2D eigenvalue weighted by atomic mass is 10.0. The molecule has 6 rings (SSSR count). The molecule has 0 spiro atoms. The van der Waals surface area contributed by atoms with Crippen molar-refractivity contribution in [1.29, 1.82) is 0 Å². The number of thioether (sulfide) groups is 1. The summed E-state index contributed by atoms with van der Waals surface area (Å²) in [6.45, 7) is -0.370. The zero-order valence-corrected chi connectivity index (χ0v) is 20.5. The molecule has 4 aromatic rings. The van der Waals surface area contributed by atoms with Crippen molar-refractivity contribution < 1.29 is 23.9 Å². The van der Waals surface area contributed by atoms with Gasteiger partial charge in [-0.3, -0.25) is 19.2 Å². The first-order valence-corrected chi connectivity index (χ1v) is 13.0. The van der Waals surface area contributed by atoms with E-state index in [1.54, 1.807) is 24.4 Å². The second-order valence-corrected chi connectivity index (χ2v) is 10.3. The number of H-pyrrole nitrogens is 1. The average molecular weight is 511 g/mol. The molecule has 1 atom stereocenters. The van der Waals surface area contributed by atoms with Crippen LogP contribution in [0.4, 0.5) is 5.69 Å². The molecular formula is C29H22N2O5S. The minimum absolute atomic E-state index is 0.00991. The van der Waals surface area contributed by atoms with Gasteiger partial charge >= 0.3 is 5.97 Å². The Hall–Kier alpha value is -4.17. The van der Waals surface area contributed by atoms with Gasteiger partial charge in [-0.25, -0.2) is 4.90 Å². The van der Waals surface area contributed by atoms with Gasteiger partial charge in [0.05, 0.1) is 16.7 Å². The SMILES string of the molecule is O=C(CSC1CC(=O)N(c2ccc3cc[nH]c3c2)C1=O)OCC(=O)c1ccc2c(c1)Cc1ccccc1-2. The fraction of sp³-hybridized carbons (Fsp3) is 0.172. The number of amides is 2. The number of rotatable bonds is 7. The van der Waals surface area contributed by atoms with Crippen molar-refractivity contribution in [3.8, 4) is 11.1 Å². The molecule has 7 nitrogen and oxygen atoms in total. The van der Waals surface area contributed by atoms with E-state index in [0.29, 0.717) is 11.3 Å². The van der Waals surface area contributed by atoms with Crippen LogP contribution in [0.3, 0.4) is 0 Å². The molecule has 1 N–H and O–H groups in total. The van der Waals surface area contributed by atoms with Crippen molar-refractivity contribution in [2.24, 2.45) is 0 Å². The van der Waals surface area contributed by atoms with Gasteiger partial charge in [-0.2, -0.15) is 0 Å². The molecular weight excluding hydrogens is 488 g/mol. The third-order valence-corrected chi connectivity index (χ3v) is 7.96. The summed E-state index contributed by atoms with van der Waals surface area (Å²) in [5.74, 6) is -1.67. The molecule has 1 aromatic heterocycles. The Bertz CT molecular complexity index is 1590. The van der Waals surface area contributed by atoms with Crippen LogP contribution < -0.4 is 4.90 Å². The van der Waals surface area contributed by atoms with Gasteiger partial charge in [-0.1, -0.05) is 42.5 Å². The fourth-order valence-electron chi connectivity index (χ4n) is 4.94. The van der Waals surface area contributed by atoms with Gasteiger partial charge in [-0.05, 0) is 58.3 Å². The summed E-state index contributed by atoms with van der Waals surface area (Å²) in [4.78, 5) is 54.7. The van der Waals surface area contributed by atoms with Crippen LogP contribution in [-0.4, -0.2) is 46.2 Å². The van der Waals surface area contributed by atoms with Crippen molar-refractivity contribution in [2.45, 2.75) is 18.1 Å². The van der Waals surface area contributed by atoms with Gasteiger partial charge in [0, 0.05) is 23.7 Å². The second-order valence-electron chi connectivity index (χ2n) is 9.11. The standard InChI is InChI=1S/C29H22N2O5S/c32-25(19-6-8-23-20(12-19)11-18-3-1-2-4-22(18)23)15-36-28(34)16-37-26-14-27(33)31(29(26)35)21-7-5-17-9-10-30-24(17)13-21/h1-10,12-13,26,30H,11,14-16H2. The molecule has 1 aliphatic heterocycles. The van der Waals surface area contributed by atoms with E-state index in [4.69, 9.17) is 4.74 Å². The number of esters is 1. The molecule has 1 fully saturated rings. The van der Waals surface area contributed by atoms with Crippen LogP contribution in [0.25, 0.3) is 22.0 Å². The lowest BCUT2D eigenvalue weighted by molar-refractivity contribution is -0.139.